The summed E-state index contributed by atoms with van der Waals surface area (Å²) in [6, 6.07) is 16.6. The van der Waals surface area contributed by atoms with Gasteiger partial charge in [0.2, 0.25) is 11.8 Å². The Kier molecular flexibility index (Phi) is 9.51. The Morgan fingerprint density at radius 1 is 0.571 bits per heavy atom. The van der Waals surface area contributed by atoms with E-state index in [1.807, 2.05) is 0 Å². The Morgan fingerprint density at radius 2 is 1.00 bits per heavy atom. The molecule has 0 saturated carbocycles. The molecule has 12 heteroatoms. The molecule has 2 N–H and O–H groups in total. The van der Waals surface area contributed by atoms with Crippen molar-refractivity contribution >= 4 is 21.8 Å². The second-order valence-corrected chi connectivity index (χ2v) is 8.92. The second kappa shape index (κ2) is 13.8. The minimum absolute atomic E-state index is 0.0625. The molecular weight excluding hydrogens is 548 g/mol. The molecular formula is C30H28N2O10. The molecule has 0 atom stereocenters. The number of benzene rings is 3. The number of hydrogen-bond donors (Lipinski definition) is 2. The maximum Gasteiger partial charge on any atom is 0.347 e. The molecule has 0 unspecified atom stereocenters. The van der Waals surface area contributed by atoms with Crippen molar-refractivity contribution in [2.75, 3.05) is 52.9 Å². The molecule has 2 aromatic heterocycles. The van der Waals surface area contributed by atoms with Gasteiger partial charge in [0.1, 0.15) is 24.7 Å². The summed E-state index contributed by atoms with van der Waals surface area (Å²) in [6.07, 6.45) is 0. The zero-order valence-corrected chi connectivity index (χ0v) is 22.5. The first kappa shape index (κ1) is 28.9. The van der Waals surface area contributed by atoms with Crippen LogP contribution >= 0.6 is 0 Å². The van der Waals surface area contributed by atoms with Gasteiger partial charge < -0.3 is 38.0 Å². The van der Waals surface area contributed by atoms with Gasteiger partial charge in [-0.3, -0.25) is 0 Å². The lowest BCUT2D eigenvalue weighted by atomic mass is 10.1. The van der Waals surface area contributed by atoms with Gasteiger partial charge in [-0.2, -0.15) is 0 Å². The fourth-order valence-corrected chi connectivity index (χ4v) is 4.05. The van der Waals surface area contributed by atoms with E-state index in [1.165, 1.54) is 0 Å². The van der Waals surface area contributed by atoms with E-state index in [4.69, 9.17) is 38.0 Å². The van der Waals surface area contributed by atoms with E-state index in [1.54, 1.807) is 60.7 Å². The summed E-state index contributed by atoms with van der Waals surface area (Å²) in [6.45, 7) is 1.47. The van der Waals surface area contributed by atoms with E-state index < -0.39 is 11.3 Å². The van der Waals surface area contributed by atoms with Crippen LogP contribution < -0.4 is 20.7 Å². The fourth-order valence-electron chi connectivity index (χ4n) is 4.05. The van der Waals surface area contributed by atoms with E-state index in [0.717, 1.165) is 0 Å². The molecule has 0 aliphatic rings. The lowest BCUT2D eigenvalue weighted by Crippen LogP contribution is -2.09. The zero-order valence-electron chi connectivity index (χ0n) is 22.5. The van der Waals surface area contributed by atoms with Gasteiger partial charge >= 0.3 is 11.3 Å². The molecule has 0 aliphatic heterocycles. The maximum absolute atomic E-state index is 12.7. The number of aromatic nitrogens is 2. The predicted molar refractivity (Wildman–Crippen MR) is 152 cm³/mol. The minimum atomic E-state index is -0.565. The van der Waals surface area contributed by atoms with Gasteiger partial charge in [0.15, 0.2) is 0 Å². The second-order valence-electron chi connectivity index (χ2n) is 8.92. The summed E-state index contributed by atoms with van der Waals surface area (Å²) < 4.78 is 32.4. The Labute approximate surface area is 238 Å². The number of aliphatic hydroxyl groups excluding tert-OH is 2. The lowest BCUT2D eigenvalue weighted by Gasteiger charge is -2.08. The topological polar surface area (TPSA) is 164 Å². The first-order valence-electron chi connectivity index (χ1n) is 13.2. The molecule has 5 aromatic rings. The van der Waals surface area contributed by atoms with Crippen molar-refractivity contribution in [1.82, 2.24) is 9.97 Å². The van der Waals surface area contributed by atoms with Crippen molar-refractivity contribution in [2.24, 2.45) is 0 Å². The molecule has 0 bridgehead atoms. The molecule has 12 nitrogen and oxygen atoms in total. The van der Waals surface area contributed by atoms with E-state index in [2.05, 4.69) is 9.97 Å². The van der Waals surface area contributed by atoms with Crippen LogP contribution in [-0.2, 0) is 9.47 Å². The molecule has 0 aliphatic carbocycles. The van der Waals surface area contributed by atoms with Crippen molar-refractivity contribution in [3.05, 3.63) is 81.5 Å². The largest absolute Gasteiger partial charge is 0.491 e. The fraction of sp³-hybridized carbons (Fsp3) is 0.267. The number of fused-ring (bicyclic) bond motifs is 2. The third-order valence-corrected chi connectivity index (χ3v) is 6.04. The SMILES string of the molecule is O=c1oc(-c2ccc(-c3nc4ccc(OCCOCCO)cc4c(=O)o3)cc2)nc2ccc(OCCOCCO)cc12. The Hall–Kier alpha value is -4.62. The van der Waals surface area contributed by atoms with Crippen LogP contribution in [0.3, 0.4) is 0 Å². The molecule has 0 saturated heterocycles. The van der Waals surface area contributed by atoms with Crippen molar-refractivity contribution in [3.8, 4) is 34.4 Å². The lowest BCUT2D eigenvalue weighted by molar-refractivity contribution is 0.0705. The van der Waals surface area contributed by atoms with Crippen molar-refractivity contribution in [1.29, 1.82) is 0 Å². The van der Waals surface area contributed by atoms with Gasteiger partial charge in [-0.15, -0.1) is 0 Å². The number of aliphatic hydroxyl groups is 2. The Bertz CT molecular complexity index is 1640. The van der Waals surface area contributed by atoms with Crippen LogP contribution in [0.4, 0.5) is 0 Å². The Morgan fingerprint density at radius 3 is 1.40 bits per heavy atom. The summed E-state index contributed by atoms with van der Waals surface area (Å²) in [5.74, 6) is 1.20. The van der Waals surface area contributed by atoms with Crippen LogP contribution in [0.5, 0.6) is 11.5 Å². The van der Waals surface area contributed by atoms with Crippen LogP contribution in [-0.4, -0.2) is 73.0 Å². The third-order valence-electron chi connectivity index (χ3n) is 6.04. The average molecular weight is 577 g/mol. The molecule has 218 valence electrons. The predicted octanol–water partition coefficient (Wildman–Crippen LogP) is 2.80. The highest BCUT2D eigenvalue weighted by molar-refractivity contribution is 5.81. The number of hydrogen-bond acceptors (Lipinski definition) is 12. The third kappa shape index (κ3) is 6.98. The quantitative estimate of drug-likeness (QED) is 0.186. The van der Waals surface area contributed by atoms with Gasteiger partial charge in [0.25, 0.3) is 0 Å². The van der Waals surface area contributed by atoms with Gasteiger partial charge in [0.05, 0.1) is 61.4 Å². The minimum Gasteiger partial charge on any atom is -0.491 e. The van der Waals surface area contributed by atoms with E-state index in [0.29, 0.717) is 46.9 Å². The van der Waals surface area contributed by atoms with Crippen LogP contribution in [0.1, 0.15) is 0 Å². The molecule has 0 amide bonds. The van der Waals surface area contributed by atoms with Crippen LogP contribution in [0, 0.1) is 0 Å². The highest BCUT2D eigenvalue weighted by atomic mass is 16.5. The van der Waals surface area contributed by atoms with Crippen LogP contribution in [0.2, 0.25) is 0 Å². The highest BCUT2D eigenvalue weighted by Crippen LogP contribution is 2.26. The standard InChI is InChI=1S/C30H28N2O10/c33-9-11-37-13-15-39-21-5-7-25-23(17-21)29(35)41-27(31-25)19-1-2-20(4-3-19)28-32-26-8-6-22(18-24(26)30(36)42-28)40-16-14-38-12-10-34/h1-8,17-18,33-34H,9-16H2. The molecule has 0 fully saturated rings. The summed E-state index contributed by atoms with van der Waals surface area (Å²) in [7, 11) is 0. The summed E-state index contributed by atoms with van der Waals surface area (Å²) in [5.41, 5.74) is 0.849. The van der Waals surface area contributed by atoms with E-state index in [-0.39, 0.29) is 62.2 Å². The van der Waals surface area contributed by atoms with Crippen LogP contribution in [0.15, 0.2) is 79.1 Å². The number of ether oxygens (including phenoxy) is 4. The summed E-state index contributed by atoms with van der Waals surface area (Å²) in [4.78, 5) is 34.4. The van der Waals surface area contributed by atoms with E-state index >= 15 is 0 Å². The zero-order chi connectivity index (χ0) is 29.3. The molecule has 0 spiro atoms. The van der Waals surface area contributed by atoms with Gasteiger partial charge in [-0.1, -0.05) is 0 Å². The smallest absolute Gasteiger partial charge is 0.347 e. The normalized spacial score (nSPS) is 11.3. The molecule has 5 rings (SSSR count). The molecule has 42 heavy (non-hydrogen) atoms. The number of nitrogens with zero attached hydrogens (tertiary/aromatic N) is 2. The molecule has 3 aromatic carbocycles. The van der Waals surface area contributed by atoms with E-state index in [9.17, 15) is 9.59 Å². The number of rotatable bonds is 14. The Balaban J connectivity index is 1.30. The molecule has 0 radical (unpaired) electrons. The first-order valence-corrected chi connectivity index (χ1v) is 13.2. The van der Waals surface area contributed by atoms with Crippen molar-refractivity contribution in [2.45, 2.75) is 0 Å². The van der Waals surface area contributed by atoms with Gasteiger partial charge in [-0.25, -0.2) is 19.6 Å². The first-order chi connectivity index (χ1) is 20.6. The van der Waals surface area contributed by atoms with Crippen LogP contribution in [0.25, 0.3) is 44.7 Å². The van der Waals surface area contributed by atoms with Gasteiger partial charge in [0, 0.05) is 11.1 Å². The highest BCUT2D eigenvalue weighted by Gasteiger charge is 2.13. The monoisotopic (exact) mass is 576 g/mol. The van der Waals surface area contributed by atoms with Gasteiger partial charge in [-0.05, 0) is 60.7 Å². The average Bonchev–Trinajstić information content (AvgIpc) is 3.01. The molecule has 2 heterocycles. The summed E-state index contributed by atoms with van der Waals surface area (Å²) >= 11 is 0. The van der Waals surface area contributed by atoms with Crippen molar-refractivity contribution in [3.63, 3.8) is 0 Å². The van der Waals surface area contributed by atoms with Crippen molar-refractivity contribution < 1.29 is 38.0 Å². The summed E-state index contributed by atoms with van der Waals surface area (Å²) in [5, 5.41) is 18.0. The maximum atomic E-state index is 12.7.